The normalized spacial score (nSPS) is 11.2. The largest absolute Gasteiger partial charge is 0.300 e. The number of nitrogens with zero attached hydrogens (tertiary/aromatic N) is 3. The van der Waals surface area contributed by atoms with E-state index in [0.717, 1.165) is 16.2 Å². The zero-order valence-electron chi connectivity index (χ0n) is 17.8. The number of nitrogens with one attached hydrogen (secondary N) is 1. The second-order valence-corrected chi connectivity index (χ2v) is 9.51. The van der Waals surface area contributed by atoms with E-state index in [1.54, 1.807) is 26.0 Å². The van der Waals surface area contributed by atoms with Crippen molar-refractivity contribution in [1.29, 1.82) is 0 Å². The van der Waals surface area contributed by atoms with Gasteiger partial charge in [-0.2, -0.15) is 0 Å². The van der Waals surface area contributed by atoms with Crippen LogP contribution in [0.5, 0.6) is 0 Å². The number of anilines is 1. The summed E-state index contributed by atoms with van der Waals surface area (Å²) in [6.45, 7) is 6.44. The van der Waals surface area contributed by atoms with Gasteiger partial charge in [0.2, 0.25) is 5.91 Å². The van der Waals surface area contributed by atoms with E-state index in [-0.39, 0.29) is 23.7 Å². The van der Waals surface area contributed by atoms with Crippen LogP contribution in [0.2, 0.25) is 0 Å². The quantitative estimate of drug-likeness (QED) is 0.434. The number of rotatable bonds is 5. The molecule has 10 heteroatoms. The highest BCUT2D eigenvalue weighted by Crippen LogP contribution is 2.35. The van der Waals surface area contributed by atoms with Crippen LogP contribution in [0.1, 0.15) is 33.0 Å². The molecule has 4 aromatic rings. The molecule has 3 aromatic heterocycles. The molecule has 3 heterocycles. The van der Waals surface area contributed by atoms with Crippen molar-refractivity contribution >= 4 is 49.7 Å². The van der Waals surface area contributed by atoms with Gasteiger partial charge in [0.1, 0.15) is 23.0 Å². The van der Waals surface area contributed by atoms with Crippen LogP contribution < -0.4 is 10.9 Å². The van der Waals surface area contributed by atoms with E-state index in [1.807, 2.05) is 6.92 Å². The summed E-state index contributed by atoms with van der Waals surface area (Å²) in [5.74, 6) is -0.525. The van der Waals surface area contributed by atoms with E-state index in [2.05, 4.69) is 15.3 Å². The number of amides is 1. The van der Waals surface area contributed by atoms with E-state index in [1.165, 1.54) is 35.0 Å². The number of carbonyl (C=O) groups excluding carboxylic acids is 2. The Bertz CT molecular complexity index is 1430. The minimum atomic E-state index is -0.449. The van der Waals surface area contributed by atoms with Gasteiger partial charge in [-0.25, -0.2) is 14.4 Å². The first kappa shape index (κ1) is 22.0. The average Bonchev–Trinajstić information content (AvgIpc) is 3.25. The second kappa shape index (κ2) is 8.36. The molecular formula is C22H19FN4O3S2. The van der Waals surface area contributed by atoms with Gasteiger partial charge in [0, 0.05) is 17.4 Å². The number of benzene rings is 1. The third-order valence-electron chi connectivity index (χ3n) is 4.98. The zero-order chi connectivity index (χ0) is 23.2. The average molecular weight is 471 g/mol. The SMILES string of the molecule is CC(=O)c1sc(NC(=O)Cn2c(C)nc3sc(C)c(-c4ccc(F)cc4)c3c2=O)nc1C. The summed E-state index contributed by atoms with van der Waals surface area (Å²) < 4.78 is 14.7. The third kappa shape index (κ3) is 3.98. The number of aryl methyl sites for hydroxylation is 3. The van der Waals surface area contributed by atoms with E-state index < -0.39 is 5.91 Å². The van der Waals surface area contributed by atoms with Crippen LogP contribution in [0.4, 0.5) is 9.52 Å². The number of thiophene rings is 1. The maximum absolute atomic E-state index is 13.4. The molecule has 0 unspecified atom stereocenters. The van der Waals surface area contributed by atoms with Gasteiger partial charge >= 0.3 is 0 Å². The molecule has 1 amide bonds. The van der Waals surface area contributed by atoms with Crippen molar-refractivity contribution in [2.45, 2.75) is 34.2 Å². The zero-order valence-corrected chi connectivity index (χ0v) is 19.4. The van der Waals surface area contributed by atoms with Gasteiger partial charge in [0.05, 0.1) is 16.0 Å². The molecular weight excluding hydrogens is 451 g/mol. The van der Waals surface area contributed by atoms with Crippen molar-refractivity contribution in [3.05, 3.63) is 61.7 Å². The summed E-state index contributed by atoms with van der Waals surface area (Å²) in [4.78, 5) is 48.3. The van der Waals surface area contributed by atoms with Crippen LogP contribution >= 0.6 is 22.7 Å². The van der Waals surface area contributed by atoms with Crippen LogP contribution in [-0.4, -0.2) is 26.2 Å². The lowest BCUT2D eigenvalue weighted by Crippen LogP contribution is -2.30. The fourth-order valence-electron chi connectivity index (χ4n) is 3.53. The highest BCUT2D eigenvalue weighted by molar-refractivity contribution is 7.19. The molecule has 0 aliphatic heterocycles. The Labute approximate surface area is 190 Å². The maximum atomic E-state index is 13.4. The number of hydrogen-bond donors (Lipinski definition) is 1. The Morgan fingerprint density at radius 3 is 2.41 bits per heavy atom. The number of ketones is 1. The highest BCUT2D eigenvalue weighted by atomic mass is 32.1. The van der Waals surface area contributed by atoms with Crippen LogP contribution in [0, 0.1) is 26.6 Å². The molecule has 0 spiro atoms. The predicted octanol–water partition coefficient (Wildman–Crippen LogP) is 4.49. The molecule has 0 bridgehead atoms. The molecule has 0 fully saturated rings. The van der Waals surface area contributed by atoms with Crippen LogP contribution in [-0.2, 0) is 11.3 Å². The summed E-state index contributed by atoms with van der Waals surface area (Å²) in [5, 5.41) is 3.36. The fraction of sp³-hybridized carbons (Fsp3) is 0.227. The molecule has 0 aliphatic rings. The highest BCUT2D eigenvalue weighted by Gasteiger charge is 2.20. The first-order chi connectivity index (χ1) is 15.2. The van der Waals surface area contributed by atoms with Gasteiger partial charge in [-0.1, -0.05) is 23.5 Å². The number of fused-ring (bicyclic) bond motifs is 1. The predicted molar refractivity (Wildman–Crippen MR) is 124 cm³/mol. The van der Waals surface area contributed by atoms with Gasteiger partial charge < -0.3 is 5.32 Å². The molecule has 7 nitrogen and oxygen atoms in total. The van der Waals surface area contributed by atoms with Crippen LogP contribution in [0.15, 0.2) is 29.1 Å². The van der Waals surface area contributed by atoms with E-state index >= 15 is 0 Å². The molecule has 0 saturated carbocycles. The minimum Gasteiger partial charge on any atom is -0.300 e. The standard InChI is InChI=1S/C22H19FN4O3S2/c1-10-19(11(2)28)32-22(24-10)26-16(29)9-27-13(4)25-20-18(21(27)30)17(12(3)31-20)14-5-7-15(23)8-6-14/h5-8H,9H2,1-4H3,(H,24,26,29). The molecule has 4 rings (SSSR count). The first-order valence-corrected chi connectivity index (χ1v) is 11.3. The van der Waals surface area contributed by atoms with Crippen molar-refractivity contribution < 1.29 is 14.0 Å². The Morgan fingerprint density at radius 2 is 1.78 bits per heavy atom. The van der Waals surface area contributed by atoms with Gasteiger partial charge in [0.25, 0.3) is 5.56 Å². The van der Waals surface area contributed by atoms with Gasteiger partial charge in [0.15, 0.2) is 10.9 Å². The number of thiazole rings is 1. The molecule has 0 atom stereocenters. The van der Waals surface area contributed by atoms with Crippen LogP contribution in [0.3, 0.4) is 0 Å². The molecule has 1 N–H and O–H groups in total. The van der Waals surface area contributed by atoms with Gasteiger partial charge in [-0.3, -0.25) is 19.0 Å². The topological polar surface area (TPSA) is 94.0 Å². The van der Waals surface area contributed by atoms with Crippen LogP contribution in [0.25, 0.3) is 21.3 Å². The summed E-state index contributed by atoms with van der Waals surface area (Å²) in [6, 6.07) is 5.93. The number of halogens is 1. The third-order valence-corrected chi connectivity index (χ3v) is 7.15. The number of carbonyl (C=O) groups is 2. The molecule has 1 aromatic carbocycles. The number of hydrogen-bond acceptors (Lipinski definition) is 7. The number of aromatic nitrogens is 3. The molecule has 32 heavy (non-hydrogen) atoms. The molecule has 0 saturated heterocycles. The minimum absolute atomic E-state index is 0.122. The summed E-state index contributed by atoms with van der Waals surface area (Å²) in [7, 11) is 0. The Morgan fingerprint density at radius 1 is 1.09 bits per heavy atom. The second-order valence-electron chi connectivity index (χ2n) is 7.31. The summed E-state index contributed by atoms with van der Waals surface area (Å²) in [6.07, 6.45) is 0. The lowest BCUT2D eigenvalue weighted by molar-refractivity contribution is -0.116. The summed E-state index contributed by atoms with van der Waals surface area (Å²) in [5.41, 5.74) is 1.61. The van der Waals surface area contributed by atoms with Crippen molar-refractivity contribution in [3.63, 3.8) is 0 Å². The first-order valence-electron chi connectivity index (χ1n) is 9.70. The Hall–Kier alpha value is -3.24. The fourth-order valence-corrected chi connectivity index (χ4v) is 5.48. The van der Waals surface area contributed by atoms with E-state index in [4.69, 9.17) is 0 Å². The smallest absolute Gasteiger partial charge is 0.263 e. The molecule has 0 radical (unpaired) electrons. The van der Waals surface area contributed by atoms with Crippen molar-refractivity contribution in [1.82, 2.24) is 14.5 Å². The summed E-state index contributed by atoms with van der Waals surface area (Å²) >= 11 is 2.48. The maximum Gasteiger partial charge on any atom is 0.263 e. The lowest BCUT2D eigenvalue weighted by atomic mass is 10.0. The monoisotopic (exact) mass is 470 g/mol. The van der Waals surface area contributed by atoms with Crippen molar-refractivity contribution in [2.24, 2.45) is 0 Å². The van der Waals surface area contributed by atoms with Crippen molar-refractivity contribution in [3.8, 4) is 11.1 Å². The Balaban J connectivity index is 1.71. The van der Waals surface area contributed by atoms with Gasteiger partial charge in [-0.15, -0.1) is 11.3 Å². The van der Waals surface area contributed by atoms with Gasteiger partial charge in [-0.05, 0) is 38.5 Å². The molecule has 164 valence electrons. The molecule has 0 aliphatic carbocycles. The van der Waals surface area contributed by atoms with E-state index in [9.17, 15) is 18.8 Å². The number of Topliss-reactive ketones (excluding diaryl/α,β-unsaturated/α-hetero) is 1. The Kier molecular flexibility index (Phi) is 5.74. The van der Waals surface area contributed by atoms with Crippen molar-refractivity contribution in [2.75, 3.05) is 5.32 Å². The lowest BCUT2D eigenvalue weighted by Gasteiger charge is -2.10. The van der Waals surface area contributed by atoms with E-state index in [0.29, 0.717) is 42.9 Å².